The summed E-state index contributed by atoms with van der Waals surface area (Å²) >= 11 is 0. The molecule has 0 radical (unpaired) electrons. The van der Waals surface area contributed by atoms with Crippen LogP contribution in [0.1, 0.15) is 25.3 Å². The number of anilines is 1. The van der Waals surface area contributed by atoms with Crippen molar-refractivity contribution in [2.75, 3.05) is 24.5 Å². The first kappa shape index (κ1) is 11.5. The van der Waals surface area contributed by atoms with Gasteiger partial charge in [0.15, 0.2) is 0 Å². The molecule has 2 nitrogen and oxygen atoms in total. The predicted octanol–water partition coefficient (Wildman–Crippen LogP) is 2.57. The molecule has 0 saturated carbocycles. The van der Waals surface area contributed by atoms with Crippen molar-refractivity contribution >= 4 is 5.69 Å². The van der Waals surface area contributed by atoms with E-state index in [1.807, 2.05) is 0 Å². The number of nitrogens with one attached hydrogen (secondary N) is 1. The van der Waals surface area contributed by atoms with Crippen LogP contribution in [0.5, 0.6) is 0 Å². The molecule has 1 atom stereocenters. The van der Waals surface area contributed by atoms with Crippen LogP contribution in [0.4, 0.5) is 5.69 Å². The molecule has 0 aliphatic carbocycles. The van der Waals surface area contributed by atoms with Crippen molar-refractivity contribution in [1.29, 1.82) is 0 Å². The molecule has 1 aromatic rings. The van der Waals surface area contributed by atoms with E-state index in [-0.39, 0.29) is 0 Å². The number of hydrogen-bond donors (Lipinski definition) is 1. The van der Waals surface area contributed by atoms with Gasteiger partial charge in [0.1, 0.15) is 0 Å². The first-order valence-electron chi connectivity index (χ1n) is 6.34. The van der Waals surface area contributed by atoms with Gasteiger partial charge < -0.3 is 10.2 Å². The van der Waals surface area contributed by atoms with Gasteiger partial charge in [0, 0.05) is 24.8 Å². The Kier molecular flexibility index (Phi) is 3.83. The van der Waals surface area contributed by atoms with Crippen LogP contribution in [0, 0.1) is 6.92 Å². The Morgan fingerprint density at radius 3 is 2.62 bits per heavy atom. The second kappa shape index (κ2) is 5.35. The van der Waals surface area contributed by atoms with Crippen molar-refractivity contribution in [3.8, 4) is 0 Å². The SMILES string of the molecule is CCN(CC1CCCN1)c1ccc(C)cc1. The average molecular weight is 218 g/mol. The van der Waals surface area contributed by atoms with E-state index in [1.165, 1.54) is 30.6 Å². The Balaban J connectivity index is 2.00. The third-order valence-corrected chi connectivity index (χ3v) is 3.38. The fraction of sp³-hybridized carbons (Fsp3) is 0.571. The lowest BCUT2D eigenvalue weighted by Gasteiger charge is -2.26. The highest BCUT2D eigenvalue weighted by Gasteiger charge is 2.17. The summed E-state index contributed by atoms with van der Waals surface area (Å²) in [6, 6.07) is 9.53. The van der Waals surface area contributed by atoms with Crippen molar-refractivity contribution < 1.29 is 0 Å². The van der Waals surface area contributed by atoms with Gasteiger partial charge in [-0.3, -0.25) is 0 Å². The predicted molar refractivity (Wildman–Crippen MR) is 70.1 cm³/mol. The number of nitrogens with zero attached hydrogens (tertiary/aromatic N) is 1. The van der Waals surface area contributed by atoms with Gasteiger partial charge in [-0.1, -0.05) is 17.7 Å². The molecule has 0 spiro atoms. The third-order valence-electron chi connectivity index (χ3n) is 3.38. The maximum Gasteiger partial charge on any atom is 0.0366 e. The summed E-state index contributed by atoms with van der Waals surface area (Å²) in [6.07, 6.45) is 2.65. The molecule has 2 rings (SSSR count). The van der Waals surface area contributed by atoms with Crippen LogP contribution < -0.4 is 10.2 Å². The Morgan fingerprint density at radius 1 is 1.31 bits per heavy atom. The summed E-state index contributed by atoms with van der Waals surface area (Å²) in [5.41, 5.74) is 2.68. The second-order valence-electron chi connectivity index (χ2n) is 4.67. The molecule has 1 fully saturated rings. The molecule has 1 aromatic carbocycles. The van der Waals surface area contributed by atoms with Gasteiger partial charge in [-0.05, 0) is 45.4 Å². The normalized spacial score (nSPS) is 20.0. The molecule has 88 valence electrons. The highest BCUT2D eigenvalue weighted by Crippen LogP contribution is 2.17. The van der Waals surface area contributed by atoms with Crippen LogP contribution in [0.25, 0.3) is 0 Å². The maximum absolute atomic E-state index is 3.56. The zero-order valence-corrected chi connectivity index (χ0v) is 10.4. The smallest absolute Gasteiger partial charge is 0.0366 e. The van der Waals surface area contributed by atoms with Crippen LogP contribution in [-0.2, 0) is 0 Å². The number of rotatable bonds is 4. The molecule has 0 amide bonds. The zero-order chi connectivity index (χ0) is 11.4. The first-order valence-corrected chi connectivity index (χ1v) is 6.34. The summed E-state index contributed by atoms with van der Waals surface area (Å²) in [5, 5.41) is 3.56. The monoisotopic (exact) mass is 218 g/mol. The fourth-order valence-electron chi connectivity index (χ4n) is 2.35. The minimum absolute atomic E-state index is 0.682. The number of likely N-dealkylation sites (N-methyl/N-ethyl adjacent to an activating group) is 1. The van der Waals surface area contributed by atoms with Crippen molar-refractivity contribution in [3.63, 3.8) is 0 Å². The van der Waals surface area contributed by atoms with Gasteiger partial charge >= 0.3 is 0 Å². The molecule has 1 aliphatic rings. The van der Waals surface area contributed by atoms with E-state index in [4.69, 9.17) is 0 Å². The van der Waals surface area contributed by atoms with Gasteiger partial charge in [-0.15, -0.1) is 0 Å². The van der Waals surface area contributed by atoms with Crippen LogP contribution >= 0.6 is 0 Å². The Morgan fingerprint density at radius 2 is 2.06 bits per heavy atom. The van der Waals surface area contributed by atoms with E-state index in [1.54, 1.807) is 0 Å². The Bertz CT molecular complexity index is 312. The Hall–Kier alpha value is -1.02. The molecule has 1 heterocycles. The molecular weight excluding hydrogens is 196 g/mol. The standard InChI is InChI=1S/C14H22N2/c1-3-16(11-13-5-4-10-15-13)14-8-6-12(2)7-9-14/h6-9,13,15H,3-5,10-11H2,1-2H3. The van der Waals surface area contributed by atoms with E-state index in [0.717, 1.165) is 13.1 Å². The van der Waals surface area contributed by atoms with E-state index in [0.29, 0.717) is 6.04 Å². The quantitative estimate of drug-likeness (QED) is 0.835. The van der Waals surface area contributed by atoms with Crippen LogP contribution in [0.3, 0.4) is 0 Å². The van der Waals surface area contributed by atoms with E-state index < -0.39 is 0 Å². The minimum Gasteiger partial charge on any atom is -0.370 e. The van der Waals surface area contributed by atoms with Gasteiger partial charge in [-0.25, -0.2) is 0 Å². The van der Waals surface area contributed by atoms with Crippen LogP contribution in [0.2, 0.25) is 0 Å². The largest absolute Gasteiger partial charge is 0.370 e. The van der Waals surface area contributed by atoms with Crippen molar-refractivity contribution in [3.05, 3.63) is 29.8 Å². The summed E-state index contributed by atoms with van der Waals surface area (Å²) < 4.78 is 0. The highest BCUT2D eigenvalue weighted by molar-refractivity contribution is 5.47. The summed E-state index contributed by atoms with van der Waals surface area (Å²) in [6.45, 7) is 7.78. The molecule has 1 unspecified atom stereocenters. The highest BCUT2D eigenvalue weighted by atomic mass is 15.2. The molecule has 0 bridgehead atoms. The molecule has 1 saturated heterocycles. The number of aryl methyl sites for hydroxylation is 1. The summed E-state index contributed by atoms with van der Waals surface area (Å²) in [4.78, 5) is 2.46. The molecule has 2 heteroatoms. The zero-order valence-electron chi connectivity index (χ0n) is 10.4. The van der Waals surface area contributed by atoms with E-state index >= 15 is 0 Å². The van der Waals surface area contributed by atoms with Crippen molar-refractivity contribution in [2.24, 2.45) is 0 Å². The van der Waals surface area contributed by atoms with Crippen molar-refractivity contribution in [1.82, 2.24) is 5.32 Å². The topological polar surface area (TPSA) is 15.3 Å². The van der Waals surface area contributed by atoms with Gasteiger partial charge in [0.05, 0.1) is 0 Å². The number of benzene rings is 1. The lowest BCUT2D eigenvalue weighted by molar-refractivity contribution is 0.586. The average Bonchev–Trinajstić information content (AvgIpc) is 2.80. The van der Waals surface area contributed by atoms with E-state index in [9.17, 15) is 0 Å². The fourth-order valence-corrected chi connectivity index (χ4v) is 2.35. The Labute approximate surface area is 98.7 Å². The minimum atomic E-state index is 0.682. The molecule has 1 aliphatic heterocycles. The van der Waals surface area contributed by atoms with Gasteiger partial charge in [0.25, 0.3) is 0 Å². The second-order valence-corrected chi connectivity index (χ2v) is 4.67. The molecular formula is C14H22N2. The van der Waals surface area contributed by atoms with Gasteiger partial charge in [0.2, 0.25) is 0 Å². The first-order chi connectivity index (χ1) is 7.79. The lowest BCUT2D eigenvalue weighted by atomic mass is 10.1. The molecule has 0 aromatic heterocycles. The third kappa shape index (κ3) is 2.76. The summed E-state index contributed by atoms with van der Waals surface area (Å²) in [5.74, 6) is 0. The number of hydrogen-bond acceptors (Lipinski definition) is 2. The maximum atomic E-state index is 3.56. The molecule has 1 N–H and O–H groups in total. The summed E-state index contributed by atoms with van der Waals surface area (Å²) in [7, 11) is 0. The van der Waals surface area contributed by atoms with Gasteiger partial charge in [-0.2, -0.15) is 0 Å². The molecule has 16 heavy (non-hydrogen) atoms. The van der Waals surface area contributed by atoms with E-state index in [2.05, 4.69) is 48.3 Å². The van der Waals surface area contributed by atoms with Crippen molar-refractivity contribution in [2.45, 2.75) is 32.7 Å². The van der Waals surface area contributed by atoms with Crippen LogP contribution in [-0.4, -0.2) is 25.7 Å². The lowest BCUT2D eigenvalue weighted by Crippen LogP contribution is -2.37. The van der Waals surface area contributed by atoms with Crippen LogP contribution in [0.15, 0.2) is 24.3 Å².